The van der Waals surface area contributed by atoms with Crippen molar-refractivity contribution in [2.24, 2.45) is 0 Å². The molecule has 4 heteroatoms. The quantitative estimate of drug-likeness (QED) is 0.915. The van der Waals surface area contributed by atoms with Gasteiger partial charge in [0.2, 0.25) is 0 Å². The molecule has 2 rings (SSSR count). The van der Waals surface area contributed by atoms with Crippen LogP contribution in [0.5, 0.6) is 0 Å². The molecule has 0 bridgehead atoms. The molecule has 0 aliphatic rings. The lowest BCUT2D eigenvalue weighted by Gasteiger charge is -2.14. The van der Waals surface area contributed by atoms with Gasteiger partial charge in [-0.05, 0) is 39.8 Å². The van der Waals surface area contributed by atoms with Gasteiger partial charge in [0, 0.05) is 22.2 Å². The summed E-state index contributed by atoms with van der Waals surface area (Å²) in [6.07, 6.45) is 2.83. The Bertz CT molecular complexity index is 534. The molecule has 0 saturated carbocycles. The van der Waals surface area contributed by atoms with Gasteiger partial charge in [0.25, 0.3) is 0 Å². The third-order valence-electron chi connectivity index (χ3n) is 2.89. The van der Waals surface area contributed by atoms with Crippen LogP contribution in [0, 0.1) is 20.8 Å². The van der Waals surface area contributed by atoms with Gasteiger partial charge in [-0.3, -0.25) is 4.98 Å². The van der Waals surface area contributed by atoms with Crippen molar-refractivity contribution in [3.05, 3.63) is 39.5 Å². The number of aryl methyl sites for hydroxylation is 3. The van der Waals surface area contributed by atoms with E-state index in [0.717, 1.165) is 23.6 Å². The molecule has 18 heavy (non-hydrogen) atoms. The van der Waals surface area contributed by atoms with E-state index in [9.17, 15) is 0 Å². The largest absolute Gasteiger partial charge is 0.366 e. The summed E-state index contributed by atoms with van der Waals surface area (Å²) in [5, 5.41) is 3.40. The third kappa shape index (κ3) is 3.29. The van der Waals surface area contributed by atoms with Gasteiger partial charge in [0.15, 0.2) is 0 Å². The number of rotatable bonds is 4. The highest BCUT2D eigenvalue weighted by Crippen LogP contribution is 2.18. The van der Waals surface area contributed by atoms with Crippen LogP contribution >= 0.6 is 11.3 Å². The lowest BCUT2D eigenvalue weighted by atomic mass is 10.2. The molecule has 0 aliphatic carbocycles. The Morgan fingerprint density at radius 1 is 1.22 bits per heavy atom. The van der Waals surface area contributed by atoms with E-state index in [0.29, 0.717) is 6.04 Å². The van der Waals surface area contributed by atoms with Gasteiger partial charge in [-0.2, -0.15) is 0 Å². The van der Waals surface area contributed by atoms with Crippen molar-refractivity contribution in [3.63, 3.8) is 0 Å². The second-order valence-corrected chi connectivity index (χ2v) is 6.06. The molecule has 1 atom stereocenters. The van der Waals surface area contributed by atoms with Crippen molar-refractivity contribution in [2.75, 3.05) is 5.32 Å². The number of aromatic nitrogens is 2. The molecule has 2 aromatic rings. The Labute approximate surface area is 112 Å². The zero-order valence-corrected chi connectivity index (χ0v) is 12.1. The third-order valence-corrected chi connectivity index (χ3v) is 3.91. The van der Waals surface area contributed by atoms with E-state index in [2.05, 4.69) is 41.3 Å². The molecule has 0 radical (unpaired) electrons. The molecular formula is C14H19N3S. The number of anilines is 1. The SMILES string of the molecule is Cc1ccc(CC(C)Nc2cnc(C)c(C)n2)s1. The van der Waals surface area contributed by atoms with Gasteiger partial charge in [-0.15, -0.1) is 11.3 Å². The average molecular weight is 261 g/mol. The molecule has 1 unspecified atom stereocenters. The first-order chi connectivity index (χ1) is 8.54. The van der Waals surface area contributed by atoms with E-state index in [4.69, 9.17) is 0 Å². The molecule has 0 spiro atoms. The molecule has 0 saturated heterocycles. The summed E-state index contributed by atoms with van der Waals surface area (Å²) in [5.74, 6) is 0.860. The minimum atomic E-state index is 0.361. The minimum absolute atomic E-state index is 0.361. The fourth-order valence-corrected chi connectivity index (χ4v) is 2.83. The molecule has 2 heterocycles. The van der Waals surface area contributed by atoms with E-state index in [1.165, 1.54) is 9.75 Å². The molecule has 0 aromatic carbocycles. The molecule has 0 fully saturated rings. The van der Waals surface area contributed by atoms with Gasteiger partial charge < -0.3 is 5.32 Å². The van der Waals surface area contributed by atoms with Gasteiger partial charge in [0.1, 0.15) is 5.82 Å². The Kier molecular flexibility index (Phi) is 3.97. The minimum Gasteiger partial charge on any atom is -0.366 e. The summed E-state index contributed by atoms with van der Waals surface area (Å²) in [6.45, 7) is 8.28. The highest BCUT2D eigenvalue weighted by molar-refractivity contribution is 7.11. The molecule has 0 aliphatic heterocycles. The standard InChI is InChI=1S/C14H19N3S/c1-9(7-13-6-5-10(2)18-13)16-14-8-15-11(3)12(4)17-14/h5-6,8-9H,7H2,1-4H3,(H,16,17). The van der Waals surface area contributed by atoms with E-state index < -0.39 is 0 Å². The normalized spacial score (nSPS) is 12.4. The molecule has 1 N–H and O–H groups in total. The lowest BCUT2D eigenvalue weighted by molar-refractivity contribution is 0.790. The first kappa shape index (κ1) is 13.0. The van der Waals surface area contributed by atoms with Crippen LogP contribution in [0.2, 0.25) is 0 Å². The zero-order valence-electron chi connectivity index (χ0n) is 11.3. The number of hydrogen-bond acceptors (Lipinski definition) is 4. The van der Waals surface area contributed by atoms with Crippen molar-refractivity contribution < 1.29 is 0 Å². The molecule has 3 nitrogen and oxygen atoms in total. The predicted octanol–water partition coefficient (Wildman–Crippen LogP) is 3.51. The van der Waals surface area contributed by atoms with Crippen LogP contribution in [0.4, 0.5) is 5.82 Å². The Morgan fingerprint density at radius 2 is 2.00 bits per heavy atom. The average Bonchev–Trinajstić information content (AvgIpc) is 2.69. The maximum Gasteiger partial charge on any atom is 0.145 e. The second-order valence-electron chi connectivity index (χ2n) is 4.69. The smallest absolute Gasteiger partial charge is 0.145 e. The number of thiophene rings is 1. The highest BCUT2D eigenvalue weighted by Gasteiger charge is 2.07. The first-order valence-corrected chi connectivity index (χ1v) is 6.98. The number of hydrogen-bond donors (Lipinski definition) is 1. The van der Waals surface area contributed by atoms with E-state index in [1.54, 1.807) is 6.20 Å². The predicted molar refractivity (Wildman–Crippen MR) is 77.4 cm³/mol. The zero-order chi connectivity index (χ0) is 13.1. The van der Waals surface area contributed by atoms with Gasteiger partial charge in [0.05, 0.1) is 17.6 Å². The van der Waals surface area contributed by atoms with Crippen LogP contribution in [-0.4, -0.2) is 16.0 Å². The van der Waals surface area contributed by atoms with Crippen LogP contribution in [0.3, 0.4) is 0 Å². The number of nitrogens with one attached hydrogen (secondary N) is 1. The van der Waals surface area contributed by atoms with Crippen molar-refractivity contribution in [1.82, 2.24) is 9.97 Å². The first-order valence-electron chi connectivity index (χ1n) is 6.16. The fraction of sp³-hybridized carbons (Fsp3) is 0.429. The summed E-state index contributed by atoms with van der Waals surface area (Å²) >= 11 is 1.86. The molecule has 96 valence electrons. The number of nitrogens with zero attached hydrogens (tertiary/aromatic N) is 2. The summed E-state index contributed by atoms with van der Waals surface area (Å²) < 4.78 is 0. The van der Waals surface area contributed by atoms with Crippen LogP contribution < -0.4 is 5.32 Å². The fourth-order valence-electron chi connectivity index (χ4n) is 1.81. The van der Waals surface area contributed by atoms with Gasteiger partial charge in [-0.1, -0.05) is 0 Å². The van der Waals surface area contributed by atoms with E-state index >= 15 is 0 Å². The monoisotopic (exact) mass is 261 g/mol. The molecular weight excluding hydrogens is 242 g/mol. The Balaban J connectivity index is 1.98. The lowest BCUT2D eigenvalue weighted by Crippen LogP contribution is -2.18. The van der Waals surface area contributed by atoms with Crippen LogP contribution in [0.25, 0.3) is 0 Å². The van der Waals surface area contributed by atoms with Crippen LogP contribution in [0.15, 0.2) is 18.3 Å². The van der Waals surface area contributed by atoms with Crippen molar-refractivity contribution in [2.45, 2.75) is 40.2 Å². The summed E-state index contributed by atoms with van der Waals surface area (Å²) in [7, 11) is 0. The Hall–Kier alpha value is -1.42. The maximum atomic E-state index is 4.49. The van der Waals surface area contributed by atoms with Crippen molar-refractivity contribution in [1.29, 1.82) is 0 Å². The summed E-state index contributed by atoms with van der Waals surface area (Å²) in [5.41, 5.74) is 1.97. The molecule has 0 amide bonds. The van der Waals surface area contributed by atoms with E-state index in [-0.39, 0.29) is 0 Å². The maximum absolute atomic E-state index is 4.49. The van der Waals surface area contributed by atoms with Crippen molar-refractivity contribution >= 4 is 17.2 Å². The summed E-state index contributed by atoms with van der Waals surface area (Å²) in [6, 6.07) is 4.73. The van der Waals surface area contributed by atoms with Crippen molar-refractivity contribution in [3.8, 4) is 0 Å². The van der Waals surface area contributed by atoms with Gasteiger partial charge >= 0.3 is 0 Å². The molecule has 2 aromatic heterocycles. The second kappa shape index (κ2) is 5.48. The van der Waals surface area contributed by atoms with Crippen LogP contribution in [-0.2, 0) is 6.42 Å². The highest BCUT2D eigenvalue weighted by atomic mass is 32.1. The summed E-state index contributed by atoms with van der Waals surface area (Å²) in [4.78, 5) is 11.6. The van der Waals surface area contributed by atoms with E-state index in [1.807, 2.05) is 25.2 Å². The Morgan fingerprint density at radius 3 is 2.61 bits per heavy atom. The van der Waals surface area contributed by atoms with Gasteiger partial charge in [-0.25, -0.2) is 4.98 Å². The topological polar surface area (TPSA) is 37.8 Å². The van der Waals surface area contributed by atoms with Crippen LogP contribution in [0.1, 0.15) is 28.1 Å².